The molecule has 2 amide bonds. The number of amides is 2. The maximum absolute atomic E-state index is 13.2. The molecule has 2 aromatic carbocycles. The van der Waals surface area contributed by atoms with Crippen LogP contribution in [0.15, 0.2) is 76.5 Å². The van der Waals surface area contributed by atoms with Crippen LogP contribution in [0.25, 0.3) is 17.3 Å². The van der Waals surface area contributed by atoms with E-state index < -0.39 is 0 Å². The molecule has 0 N–H and O–H groups in total. The molecule has 1 fully saturated rings. The van der Waals surface area contributed by atoms with Crippen molar-refractivity contribution in [3.05, 3.63) is 72.5 Å². The van der Waals surface area contributed by atoms with E-state index in [1.807, 2.05) is 52.8 Å². The lowest BCUT2D eigenvalue weighted by Crippen LogP contribution is -2.55. The van der Waals surface area contributed by atoms with Gasteiger partial charge in [0.1, 0.15) is 11.5 Å². The van der Waals surface area contributed by atoms with Crippen LogP contribution in [0, 0.1) is 0 Å². The molecule has 0 aliphatic carbocycles. The maximum Gasteiger partial charge on any atom is 0.254 e. The number of hydrogen-bond donors (Lipinski definition) is 0. The Morgan fingerprint density at radius 2 is 1.79 bits per heavy atom. The summed E-state index contributed by atoms with van der Waals surface area (Å²) in [5.41, 5.74) is 1.39. The average molecular weight is 548 g/mol. The van der Waals surface area contributed by atoms with Crippen molar-refractivity contribution < 1.29 is 23.5 Å². The molecule has 10 nitrogen and oxygen atoms in total. The third kappa shape index (κ3) is 5.63. The number of hydrogen-bond acceptors (Lipinski definition) is 8. The zero-order chi connectivity index (χ0) is 27.4. The molecule has 3 heterocycles. The van der Waals surface area contributed by atoms with E-state index in [1.54, 1.807) is 49.6 Å². The van der Waals surface area contributed by atoms with Gasteiger partial charge in [-0.25, -0.2) is 0 Å². The molecule has 1 aliphatic rings. The number of rotatable bonds is 8. The first kappa shape index (κ1) is 26.4. The van der Waals surface area contributed by atoms with Crippen molar-refractivity contribution >= 4 is 23.6 Å². The van der Waals surface area contributed by atoms with Crippen molar-refractivity contribution in [3.8, 4) is 28.8 Å². The molecule has 4 aromatic rings. The summed E-state index contributed by atoms with van der Waals surface area (Å²) >= 11 is 1.31. The number of carbonyl (C=O) groups excluding carboxylic acids is 2. The first-order valence-electron chi connectivity index (χ1n) is 12.5. The second-order valence-electron chi connectivity index (χ2n) is 9.02. The number of furan rings is 1. The topological polar surface area (TPSA) is 103 Å². The molecular formula is C28H29N5O5S. The molecule has 202 valence electrons. The highest BCUT2D eigenvalue weighted by Crippen LogP contribution is 2.29. The molecule has 0 radical (unpaired) electrons. The van der Waals surface area contributed by atoms with Crippen molar-refractivity contribution in [3.63, 3.8) is 0 Å². The highest BCUT2D eigenvalue weighted by Gasteiger charge is 2.31. The predicted octanol–water partition coefficient (Wildman–Crippen LogP) is 4.01. The van der Waals surface area contributed by atoms with E-state index in [4.69, 9.17) is 13.9 Å². The summed E-state index contributed by atoms with van der Waals surface area (Å²) in [6.07, 6.45) is 1.58. The normalized spacial score (nSPS) is 15.3. The van der Waals surface area contributed by atoms with E-state index in [-0.39, 0.29) is 23.6 Å². The minimum absolute atomic E-state index is 0.0239. The second-order valence-corrected chi connectivity index (χ2v) is 9.97. The predicted molar refractivity (Wildman–Crippen MR) is 146 cm³/mol. The van der Waals surface area contributed by atoms with Gasteiger partial charge in [-0.1, -0.05) is 17.8 Å². The van der Waals surface area contributed by atoms with Crippen molar-refractivity contribution in [2.45, 2.75) is 18.1 Å². The van der Waals surface area contributed by atoms with E-state index in [9.17, 15) is 9.59 Å². The fraction of sp³-hybridized carbons (Fsp3) is 0.286. The lowest BCUT2D eigenvalue weighted by atomic mass is 10.1. The van der Waals surface area contributed by atoms with Crippen LogP contribution >= 0.6 is 11.8 Å². The van der Waals surface area contributed by atoms with Gasteiger partial charge in [-0.2, -0.15) is 0 Å². The first-order chi connectivity index (χ1) is 19.0. The number of ether oxygens (including phenoxy) is 2. The summed E-state index contributed by atoms with van der Waals surface area (Å²) in [6.45, 7) is 3.33. The molecule has 5 rings (SSSR count). The Kier molecular flexibility index (Phi) is 7.87. The second kappa shape index (κ2) is 11.6. The summed E-state index contributed by atoms with van der Waals surface area (Å²) < 4.78 is 18.0. The molecule has 0 saturated carbocycles. The quantitative estimate of drug-likeness (QED) is 0.305. The summed E-state index contributed by atoms with van der Waals surface area (Å²) in [5.74, 6) is 2.57. The molecule has 0 spiro atoms. The number of nitrogens with zero attached hydrogens (tertiary/aromatic N) is 5. The number of benzene rings is 2. The number of piperazine rings is 1. The van der Waals surface area contributed by atoms with Crippen LogP contribution in [-0.2, 0) is 4.79 Å². The van der Waals surface area contributed by atoms with Crippen molar-refractivity contribution in [1.29, 1.82) is 0 Å². The fourth-order valence-electron chi connectivity index (χ4n) is 4.52. The zero-order valence-corrected chi connectivity index (χ0v) is 22.8. The van der Waals surface area contributed by atoms with Crippen molar-refractivity contribution in [1.82, 2.24) is 24.6 Å². The molecule has 2 aromatic heterocycles. The van der Waals surface area contributed by atoms with Gasteiger partial charge in [-0.15, -0.1) is 10.2 Å². The Morgan fingerprint density at radius 3 is 2.49 bits per heavy atom. The Balaban J connectivity index is 1.26. The molecule has 1 atom stereocenters. The van der Waals surface area contributed by atoms with Crippen LogP contribution in [0.3, 0.4) is 0 Å². The summed E-state index contributed by atoms with van der Waals surface area (Å²) in [4.78, 5) is 29.9. The van der Waals surface area contributed by atoms with Gasteiger partial charge in [0.05, 0.1) is 31.9 Å². The molecular weight excluding hydrogens is 518 g/mol. The average Bonchev–Trinajstić information content (AvgIpc) is 3.66. The SMILES string of the molecule is COc1ccc(-n2c(SCC(=O)N3CCN(C(=O)c4cccc(OC)c4)C(C)C3)nnc2-c2ccco2)cc1. The molecule has 1 unspecified atom stereocenters. The highest BCUT2D eigenvalue weighted by molar-refractivity contribution is 7.99. The van der Waals surface area contributed by atoms with Crippen LogP contribution in [0.1, 0.15) is 17.3 Å². The lowest BCUT2D eigenvalue weighted by Gasteiger charge is -2.40. The highest BCUT2D eigenvalue weighted by atomic mass is 32.2. The summed E-state index contributed by atoms with van der Waals surface area (Å²) in [5, 5.41) is 9.27. The van der Waals surface area contributed by atoms with Gasteiger partial charge >= 0.3 is 0 Å². The van der Waals surface area contributed by atoms with E-state index >= 15 is 0 Å². The number of methoxy groups -OCH3 is 2. The van der Waals surface area contributed by atoms with Gasteiger partial charge in [-0.3, -0.25) is 14.2 Å². The van der Waals surface area contributed by atoms with Gasteiger partial charge in [0.25, 0.3) is 5.91 Å². The van der Waals surface area contributed by atoms with Gasteiger partial charge in [0.2, 0.25) is 11.7 Å². The number of aromatic nitrogens is 3. The van der Waals surface area contributed by atoms with E-state index in [2.05, 4.69) is 10.2 Å². The van der Waals surface area contributed by atoms with Crippen LogP contribution in [0.2, 0.25) is 0 Å². The maximum atomic E-state index is 13.2. The minimum Gasteiger partial charge on any atom is -0.497 e. The fourth-order valence-corrected chi connectivity index (χ4v) is 5.37. The smallest absolute Gasteiger partial charge is 0.254 e. The standard InChI is InChI=1S/C28H29N5O5S/c1-19-17-31(13-14-32(19)27(35)20-6-4-7-23(16-20)37-3)25(34)18-39-28-30-29-26(24-8-5-15-38-24)33(28)21-9-11-22(36-2)12-10-21/h4-12,15-16,19H,13-14,17-18H2,1-3H3. The Morgan fingerprint density at radius 1 is 1.00 bits per heavy atom. The number of thioether (sulfide) groups is 1. The van der Waals surface area contributed by atoms with E-state index in [0.717, 1.165) is 11.4 Å². The largest absolute Gasteiger partial charge is 0.497 e. The van der Waals surface area contributed by atoms with Crippen molar-refractivity contribution in [2.75, 3.05) is 39.6 Å². The van der Waals surface area contributed by atoms with Crippen molar-refractivity contribution in [2.24, 2.45) is 0 Å². The van der Waals surface area contributed by atoms with Gasteiger partial charge in [-0.05, 0) is 61.5 Å². The van der Waals surface area contributed by atoms with Crippen LogP contribution in [0.4, 0.5) is 0 Å². The third-order valence-corrected chi connectivity index (χ3v) is 7.50. The number of carbonyl (C=O) groups is 2. The Hall–Kier alpha value is -4.25. The van der Waals surface area contributed by atoms with Crippen LogP contribution in [-0.4, -0.2) is 82.0 Å². The van der Waals surface area contributed by atoms with Gasteiger partial charge in [0, 0.05) is 31.2 Å². The third-order valence-electron chi connectivity index (χ3n) is 6.59. The molecule has 1 aliphatic heterocycles. The summed E-state index contributed by atoms with van der Waals surface area (Å²) in [7, 11) is 3.19. The van der Waals surface area contributed by atoms with E-state index in [1.165, 1.54) is 11.8 Å². The molecule has 11 heteroatoms. The molecule has 39 heavy (non-hydrogen) atoms. The van der Waals surface area contributed by atoms with Crippen LogP contribution in [0.5, 0.6) is 11.5 Å². The Bertz CT molecular complexity index is 1440. The summed E-state index contributed by atoms with van der Waals surface area (Å²) in [6, 6.07) is 18.1. The lowest BCUT2D eigenvalue weighted by molar-refractivity contribution is -0.130. The minimum atomic E-state index is -0.125. The zero-order valence-electron chi connectivity index (χ0n) is 21.9. The first-order valence-corrected chi connectivity index (χ1v) is 13.5. The molecule has 0 bridgehead atoms. The molecule has 1 saturated heterocycles. The monoisotopic (exact) mass is 547 g/mol. The van der Waals surface area contributed by atoms with Gasteiger partial charge < -0.3 is 23.7 Å². The van der Waals surface area contributed by atoms with Gasteiger partial charge in [0.15, 0.2) is 10.9 Å². The van der Waals surface area contributed by atoms with E-state index in [0.29, 0.717) is 47.7 Å². The Labute approximate surface area is 230 Å². The van der Waals surface area contributed by atoms with Crippen LogP contribution < -0.4 is 9.47 Å².